The van der Waals surface area contributed by atoms with Gasteiger partial charge in [0.1, 0.15) is 11.3 Å². The highest BCUT2D eigenvalue weighted by atomic mass is 16.4. The lowest BCUT2D eigenvalue weighted by atomic mass is 10.0. The van der Waals surface area contributed by atoms with E-state index in [-0.39, 0.29) is 11.3 Å². The molecule has 6 nitrogen and oxygen atoms in total. The van der Waals surface area contributed by atoms with Crippen LogP contribution in [0.3, 0.4) is 0 Å². The first-order valence-corrected chi connectivity index (χ1v) is 9.02. The second-order valence-electron chi connectivity index (χ2n) is 6.64. The molecule has 6 heteroatoms. The van der Waals surface area contributed by atoms with Gasteiger partial charge in [-0.1, -0.05) is 32.3 Å². The van der Waals surface area contributed by atoms with Crippen molar-refractivity contribution in [1.82, 2.24) is 0 Å². The van der Waals surface area contributed by atoms with E-state index in [0.29, 0.717) is 11.1 Å². The molecule has 2 aromatic carbocycles. The van der Waals surface area contributed by atoms with E-state index in [1.807, 2.05) is 6.07 Å². The molecule has 0 fully saturated rings. The number of carbonyl (C=O) groups is 3. The standard InChI is InChI=1S/C21H21NO5/c1-2-3-4-5-6-13-7-9-15-16(11-13)20(25)22(19(15)24)14-8-10-18(23)17(12-14)21(26)27/h7-12,23H,2-6H2,1H3,(H,26,27). The van der Waals surface area contributed by atoms with E-state index < -0.39 is 23.5 Å². The molecule has 1 aliphatic rings. The summed E-state index contributed by atoms with van der Waals surface area (Å²) in [4.78, 5) is 37.6. The van der Waals surface area contributed by atoms with Gasteiger partial charge in [0.05, 0.1) is 16.8 Å². The molecule has 0 aliphatic carbocycles. The summed E-state index contributed by atoms with van der Waals surface area (Å²) >= 11 is 0. The van der Waals surface area contributed by atoms with Crippen LogP contribution in [0.15, 0.2) is 36.4 Å². The van der Waals surface area contributed by atoms with E-state index in [0.717, 1.165) is 42.2 Å². The maximum absolute atomic E-state index is 12.8. The highest BCUT2D eigenvalue weighted by molar-refractivity contribution is 6.34. The van der Waals surface area contributed by atoms with Gasteiger partial charge in [0.25, 0.3) is 11.8 Å². The zero-order valence-corrected chi connectivity index (χ0v) is 15.1. The van der Waals surface area contributed by atoms with Gasteiger partial charge in [-0.2, -0.15) is 0 Å². The number of rotatable bonds is 7. The fraction of sp³-hybridized carbons (Fsp3) is 0.286. The second kappa shape index (κ2) is 7.61. The Kier molecular flexibility index (Phi) is 5.26. The van der Waals surface area contributed by atoms with Crippen LogP contribution >= 0.6 is 0 Å². The van der Waals surface area contributed by atoms with Gasteiger partial charge in [-0.3, -0.25) is 9.59 Å². The van der Waals surface area contributed by atoms with Crippen molar-refractivity contribution in [3.8, 4) is 5.75 Å². The molecule has 0 spiro atoms. The van der Waals surface area contributed by atoms with Crippen LogP contribution < -0.4 is 4.90 Å². The van der Waals surface area contributed by atoms with Crippen molar-refractivity contribution in [3.05, 3.63) is 58.7 Å². The van der Waals surface area contributed by atoms with E-state index in [2.05, 4.69) is 6.92 Å². The zero-order valence-electron chi connectivity index (χ0n) is 15.1. The lowest BCUT2D eigenvalue weighted by Crippen LogP contribution is -2.29. The number of imide groups is 1. The number of anilines is 1. The fourth-order valence-corrected chi connectivity index (χ4v) is 3.27. The van der Waals surface area contributed by atoms with Gasteiger partial charge < -0.3 is 10.2 Å². The summed E-state index contributed by atoms with van der Waals surface area (Å²) in [5, 5.41) is 18.8. The molecule has 1 heterocycles. The monoisotopic (exact) mass is 367 g/mol. The predicted octanol–water partition coefficient (Wildman–Crippen LogP) is 4.01. The number of benzene rings is 2. The van der Waals surface area contributed by atoms with Gasteiger partial charge in [-0.25, -0.2) is 9.69 Å². The van der Waals surface area contributed by atoms with E-state index in [1.165, 1.54) is 18.6 Å². The quantitative estimate of drug-likeness (QED) is 0.569. The maximum atomic E-state index is 12.8. The Labute approximate surface area is 157 Å². The lowest BCUT2D eigenvalue weighted by Gasteiger charge is -2.14. The van der Waals surface area contributed by atoms with Crippen molar-refractivity contribution in [2.45, 2.75) is 39.0 Å². The molecule has 3 rings (SSSR count). The molecular weight excluding hydrogens is 346 g/mol. The number of unbranched alkanes of at least 4 members (excludes halogenated alkanes) is 3. The number of fused-ring (bicyclic) bond motifs is 1. The Hall–Kier alpha value is -3.15. The average Bonchev–Trinajstić information content (AvgIpc) is 2.90. The molecule has 2 amide bonds. The van der Waals surface area contributed by atoms with Gasteiger partial charge in [-0.05, 0) is 48.7 Å². The maximum Gasteiger partial charge on any atom is 0.339 e. The van der Waals surface area contributed by atoms with Crippen molar-refractivity contribution < 1.29 is 24.6 Å². The summed E-state index contributed by atoms with van der Waals surface area (Å²) in [6, 6.07) is 8.92. The van der Waals surface area contributed by atoms with E-state index >= 15 is 0 Å². The number of aromatic carboxylic acids is 1. The fourth-order valence-electron chi connectivity index (χ4n) is 3.27. The van der Waals surface area contributed by atoms with Crippen LogP contribution in [0.4, 0.5) is 5.69 Å². The Morgan fingerprint density at radius 1 is 0.963 bits per heavy atom. The number of hydrogen-bond donors (Lipinski definition) is 2. The van der Waals surface area contributed by atoms with Crippen LogP contribution in [0.25, 0.3) is 0 Å². The third kappa shape index (κ3) is 3.56. The number of carbonyl (C=O) groups excluding carboxylic acids is 2. The number of phenols is 1. The van der Waals surface area contributed by atoms with Gasteiger partial charge in [0.15, 0.2) is 0 Å². The summed E-state index contributed by atoms with van der Waals surface area (Å²) in [5.74, 6) is -2.72. The molecule has 0 saturated heterocycles. The normalized spacial score (nSPS) is 13.1. The van der Waals surface area contributed by atoms with Crippen molar-refractivity contribution in [2.24, 2.45) is 0 Å². The molecule has 0 saturated carbocycles. The van der Waals surface area contributed by atoms with Crippen molar-refractivity contribution in [2.75, 3.05) is 4.90 Å². The third-order valence-corrected chi connectivity index (χ3v) is 4.74. The smallest absolute Gasteiger partial charge is 0.339 e. The molecule has 27 heavy (non-hydrogen) atoms. The van der Waals surface area contributed by atoms with Crippen LogP contribution in [0.2, 0.25) is 0 Å². The highest BCUT2D eigenvalue weighted by Crippen LogP contribution is 2.32. The minimum Gasteiger partial charge on any atom is -0.507 e. The largest absolute Gasteiger partial charge is 0.507 e. The van der Waals surface area contributed by atoms with Crippen molar-refractivity contribution in [1.29, 1.82) is 0 Å². The molecule has 0 unspecified atom stereocenters. The topological polar surface area (TPSA) is 94.9 Å². The van der Waals surface area contributed by atoms with Gasteiger partial charge in [-0.15, -0.1) is 0 Å². The Morgan fingerprint density at radius 3 is 2.41 bits per heavy atom. The highest BCUT2D eigenvalue weighted by Gasteiger charge is 2.37. The number of amides is 2. The van der Waals surface area contributed by atoms with Crippen LogP contribution in [0, 0.1) is 0 Å². The molecule has 2 N–H and O–H groups in total. The minimum absolute atomic E-state index is 0.126. The van der Waals surface area contributed by atoms with E-state index in [1.54, 1.807) is 12.1 Å². The first kappa shape index (κ1) is 18.6. The first-order valence-electron chi connectivity index (χ1n) is 9.02. The summed E-state index contributed by atoms with van der Waals surface area (Å²) < 4.78 is 0. The Balaban J connectivity index is 1.88. The van der Waals surface area contributed by atoms with Crippen LogP contribution in [0.5, 0.6) is 5.75 Å². The Bertz CT molecular complexity index is 919. The van der Waals surface area contributed by atoms with Gasteiger partial charge in [0, 0.05) is 0 Å². The molecule has 2 aromatic rings. The molecule has 140 valence electrons. The summed E-state index contributed by atoms with van der Waals surface area (Å²) in [6.45, 7) is 2.15. The first-order chi connectivity index (χ1) is 12.9. The number of aromatic hydroxyl groups is 1. The van der Waals surface area contributed by atoms with Gasteiger partial charge in [0.2, 0.25) is 0 Å². The molecule has 0 bridgehead atoms. The average molecular weight is 367 g/mol. The number of nitrogens with zero attached hydrogens (tertiary/aromatic N) is 1. The van der Waals surface area contributed by atoms with E-state index in [9.17, 15) is 19.5 Å². The van der Waals surface area contributed by atoms with Crippen molar-refractivity contribution >= 4 is 23.5 Å². The molecule has 0 radical (unpaired) electrons. The molecular formula is C21H21NO5. The SMILES string of the molecule is CCCCCCc1ccc2c(c1)C(=O)N(c1ccc(O)c(C(=O)O)c1)C2=O. The van der Waals surface area contributed by atoms with Crippen molar-refractivity contribution in [3.63, 3.8) is 0 Å². The third-order valence-electron chi connectivity index (χ3n) is 4.74. The minimum atomic E-state index is -1.33. The number of hydrogen-bond acceptors (Lipinski definition) is 4. The molecule has 0 atom stereocenters. The Morgan fingerprint density at radius 2 is 1.70 bits per heavy atom. The summed E-state index contributed by atoms with van der Waals surface area (Å²) in [6.07, 6.45) is 5.31. The lowest BCUT2D eigenvalue weighted by molar-refractivity contribution is 0.0692. The number of carboxylic acid groups (broad SMARTS) is 1. The van der Waals surface area contributed by atoms with Crippen LogP contribution in [-0.2, 0) is 6.42 Å². The van der Waals surface area contributed by atoms with Crippen LogP contribution in [-0.4, -0.2) is 28.0 Å². The van der Waals surface area contributed by atoms with E-state index in [4.69, 9.17) is 5.11 Å². The molecule has 0 aromatic heterocycles. The number of aryl methyl sites for hydroxylation is 1. The predicted molar refractivity (Wildman–Crippen MR) is 100 cm³/mol. The summed E-state index contributed by atoms with van der Waals surface area (Å²) in [5.41, 5.74) is 1.41. The zero-order chi connectivity index (χ0) is 19.6. The number of carboxylic acids is 1. The van der Waals surface area contributed by atoms with Crippen LogP contribution in [0.1, 0.15) is 69.2 Å². The second-order valence-corrected chi connectivity index (χ2v) is 6.64. The van der Waals surface area contributed by atoms with Gasteiger partial charge >= 0.3 is 5.97 Å². The summed E-state index contributed by atoms with van der Waals surface area (Å²) in [7, 11) is 0. The molecule has 1 aliphatic heterocycles.